The Kier molecular flexibility index (Phi) is 4.64. The third-order valence-electron chi connectivity index (χ3n) is 3.77. The van der Waals surface area contributed by atoms with Gasteiger partial charge in [-0.2, -0.15) is 0 Å². The molecule has 130 valence electrons. The Labute approximate surface area is 158 Å². The third-order valence-corrected chi connectivity index (χ3v) is 5.52. The molecule has 3 aromatic heterocycles. The first kappa shape index (κ1) is 16.7. The fourth-order valence-corrected chi connectivity index (χ4v) is 4.07. The van der Waals surface area contributed by atoms with Crippen molar-refractivity contribution in [2.45, 2.75) is 6.92 Å². The maximum Gasteiger partial charge on any atom is 0.319 e. The number of anilines is 1. The van der Waals surface area contributed by atoms with Gasteiger partial charge in [-0.05, 0) is 48.0 Å². The Morgan fingerprint density at radius 3 is 2.19 bits per heavy atom. The first-order valence-electron chi connectivity index (χ1n) is 8.19. The van der Waals surface area contributed by atoms with E-state index in [0.717, 1.165) is 32.2 Å². The molecule has 4 aromatic rings. The fourth-order valence-electron chi connectivity index (χ4n) is 2.64. The van der Waals surface area contributed by atoms with Crippen molar-refractivity contribution in [2.75, 3.05) is 11.9 Å². The average Bonchev–Trinajstić information content (AvgIpc) is 3.34. The lowest BCUT2D eigenvalue weighted by molar-refractivity contribution is 0.252. The first-order valence-corrected chi connectivity index (χ1v) is 9.95. The molecule has 0 fully saturated rings. The number of benzene rings is 1. The molecule has 26 heavy (non-hydrogen) atoms. The van der Waals surface area contributed by atoms with Gasteiger partial charge in [0.1, 0.15) is 11.4 Å². The predicted molar refractivity (Wildman–Crippen MR) is 109 cm³/mol. The van der Waals surface area contributed by atoms with Gasteiger partial charge in [-0.25, -0.2) is 14.8 Å². The van der Waals surface area contributed by atoms with Gasteiger partial charge in [0.05, 0.1) is 20.8 Å². The van der Waals surface area contributed by atoms with Crippen LogP contribution < -0.4 is 10.6 Å². The number of rotatable bonds is 4. The molecule has 2 amide bonds. The molecule has 0 radical (unpaired) electrons. The molecule has 1 aromatic carbocycles. The van der Waals surface area contributed by atoms with Crippen LogP contribution in [0.2, 0.25) is 0 Å². The molecule has 3 heterocycles. The molecule has 0 unspecified atom stereocenters. The molecule has 0 aliphatic rings. The molecule has 0 saturated heterocycles. The van der Waals surface area contributed by atoms with Crippen molar-refractivity contribution in [3.63, 3.8) is 0 Å². The maximum atomic E-state index is 11.8. The highest BCUT2D eigenvalue weighted by molar-refractivity contribution is 7.14. The van der Waals surface area contributed by atoms with Gasteiger partial charge in [-0.3, -0.25) is 0 Å². The van der Waals surface area contributed by atoms with Crippen molar-refractivity contribution in [2.24, 2.45) is 0 Å². The van der Waals surface area contributed by atoms with Gasteiger partial charge in [0.2, 0.25) is 0 Å². The van der Waals surface area contributed by atoms with Crippen LogP contribution in [0.3, 0.4) is 0 Å². The predicted octanol–water partition coefficient (Wildman–Crippen LogP) is 5.23. The summed E-state index contributed by atoms with van der Waals surface area (Å²) in [5, 5.41) is 9.61. The Hall–Kier alpha value is -2.77. The summed E-state index contributed by atoms with van der Waals surface area (Å²) in [6, 6.07) is 13.5. The number of nitrogens with zero attached hydrogens (tertiary/aromatic N) is 2. The molecule has 0 atom stereocenters. The number of carbonyl (C=O) groups is 1. The minimum absolute atomic E-state index is 0.228. The second-order valence-electron chi connectivity index (χ2n) is 5.56. The normalized spacial score (nSPS) is 10.8. The molecular weight excluding hydrogens is 364 g/mol. The van der Waals surface area contributed by atoms with Gasteiger partial charge >= 0.3 is 6.03 Å². The summed E-state index contributed by atoms with van der Waals surface area (Å²) in [5.74, 6) is 0. The van der Waals surface area contributed by atoms with Crippen molar-refractivity contribution in [3.05, 3.63) is 53.2 Å². The summed E-state index contributed by atoms with van der Waals surface area (Å²) in [5.41, 5.74) is 4.00. The number of fused-ring (bicyclic) bond motifs is 1. The number of hydrogen-bond acceptors (Lipinski definition) is 5. The zero-order valence-corrected chi connectivity index (χ0v) is 15.7. The number of hydrogen-bond donors (Lipinski definition) is 2. The van der Waals surface area contributed by atoms with Gasteiger partial charge < -0.3 is 10.6 Å². The second kappa shape index (κ2) is 7.23. The van der Waals surface area contributed by atoms with E-state index in [1.54, 1.807) is 22.7 Å². The highest BCUT2D eigenvalue weighted by Gasteiger charge is 2.15. The van der Waals surface area contributed by atoms with Crippen LogP contribution in [0.25, 0.3) is 32.2 Å². The van der Waals surface area contributed by atoms with Crippen LogP contribution in [0, 0.1) is 0 Å². The van der Waals surface area contributed by atoms with E-state index in [9.17, 15) is 4.79 Å². The standard InChI is InChI=1S/C19H16N4OS2/c1-2-20-19(24)21-12-7-8-13-14(11-12)23-18(16-6-4-10-26-16)17(22-13)15-5-3-9-25-15/h3-11H,2H2,1H3,(H2,20,21,24). The van der Waals surface area contributed by atoms with Crippen LogP contribution >= 0.6 is 22.7 Å². The summed E-state index contributed by atoms with van der Waals surface area (Å²) >= 11 is 3.29. The number of nitrogens with one attached hydrogen (secondary N) is 2. The monoisotopic (exact) mass is 380 g/mol. The van der Waals surface area contributed by atoms with Gasteiger partial charge in [0.15, 0.2) is 0 Å². The van der Waals surface area contributed by atoms with E-state index in [1.165, 1.54) is 0 Å². The van der Waals surface area contributed by atoms with E-state index in [0.29, 0.717) is 12.2 Å². The summed E-state index contributed by atoms with van der Waals surface area (Å²) in [7, 11) is 0. The highest BCUT2D eigenvalue weighted by Crippen LogP contribution is 2.35. The van der Waals surface area contributed by atoms with Gasteiger partial charge in [-0.15, -0.1) is 22.7 Å². The van der Waals surface area contributed by atoms with Crippen LogP contribution in [0.15, 0.2) is 53.2 Å². The summed E-state index contributed by atoms with van der Waals surface area (Å²) in [4.78, 5) is 23.6. The number of amides is 2. The van der Waals surface area contributed by atoms with Crippen LogP contribution in [0.4, 0.5) is 10.5 Å². The Morgan fingerprint density at radius 1 is 0.962 bits per heavy atom. The van der Waals surface area contributed by atoms with Crippen molar-refractivity contribution >= 4 is 45.4 Å². The van der Waals surface area contributed by atoms with Crippen LogP contribution in [0.1, 0.15) is 6.92 Å². The molecule has 0 bridgehead atoms. The molecular formula is C19H16N4OS2. The highest BCUT2D eigenvalue weighted by atomic mass is 32.1. The average molecular weight is 380 g/mol. The van der Waals surface area contributed by atoms with Crippen molar-refractivity contribution in [1.82, 2.24) is 15.3 Å². The molecule has 0 aliphatic heterocycles. The van der Waals surface area contributed by atoms with E-state index < -0.39 is 0 Å². The van der Waals surface area contributed by atoms with E-state index in [1.807, 2.05) is 48.0 Å². The summed E-state index contributed by atoms with van der Waals surface area (Å²) < 4.78 is 0. The minimum atomic E-state index is -0.228. The zero-order chi connectivity index (χ0) is 17.9. The number of urea groups is 1. The molecule has 5 nitrogen and oxygen atoms in total. The third kappa shape index (κ3) is 3.31. The SMILES string of the molecule is CCNC(=O)Nc1ccc2nc(-c3cccs3)c(-c3cccs3)nc2c1. The van der Waals surface area contributed by atoms with E-state index in [-0.39, 0.29) is 6.03 Å². The zero-order valence-electron chi connectivity index (χ0n) is 14.0. The van der Waals surface area contributed by atoms with Crippen LogP contribution in [0.5, 0.6) is 0 Å². The Balaban J connectivity index is 1.82. The lowest BCUT2D eigenvalue weighted by Gasteiger charge is -2.10. The van der Waals surface area contributed by atoms with Gasteiger partial charge in [0, 0.05) is 12.2 Å². The summed E-state index contributed by atoms with van der Waals surface area (Å²) in [6.07, 6.45) is 0. The van der Waals surface area contributed by atoms with Gasteiger partial charge in [-0.1, -0.05) is 12.1 Å². The molecule has 0 saturated carbocycles. The van der Waals surface area contributed by atoms with E-state index in [2.05, 4.69) is 22.8 Å². The van der Waals surface area contributed by atoms with Crippen LogP contribution in [-0.4, -0.2) is 22.5 Å². The molecule has 2 N–H and O–H groups in total. The van der Waals surface area contributed by atoms with Gasteiger partial charge in [0.25, 0.3) is 0 Å². The van der Waals surface area contributed by atoms with Crippen molar-refractivity contribution in [1.29, 1.82) is 0 Å². The van der Waals surface area contributed by atoms with Crippen LogP contribution in [-0.2, 0) is 0 Å². The number of carbonyl (C=O) groups excluding carboxylic acids is 1. The Bertz CT molecular complexity index is 1040. The lowest BCUT2D eigenvalue weighted by Crippen LogP contribution is -2.28. The summed E-state index contributed by atoms with van der Waals surface area (Å²) in [6.45, 7) is 2.46. The lowest BCUT2D eigenvalue weighted by atomic mass is 10.2. The molecule has 7 heteroatoms. The number of aromatic nitrogens is 2. The largest absolute Gasteiger partial charge is 0.338 e. The molecule has 0 spiro atoms. The van der Waals surface area contributed by atoms with Crippen molar-refractivity contribution in [3.8, 4) is 21.1 Å². The van der Waals surface area contributed by atoms with E-state index in [4.69, 9.17) is 9.97 Å². The fraction of sp³-hybridized carbons (Fsp3) is 0.105. The maximum absolute atomic E-state index is 11.8. The van der Waals surface area contributed by atoms with E-state index >= 15 is 0 Å². The smallest absolute Gasteiger partial charge is 0.319 e. The van der Waals surface area contributed by atoms with Crippen molar-refractivity contribution < 1.29 is 4.79 Å². The molecule has 0 aliphatic carbocycles. The first-order chi connectivity index (χ1) is 12.7. The quantitative estimate of drug-likeness (QED) is 0.509. The second-order valence-corrected chi connectivity index (χ2v) is 7.46. The number of thiophene rings is 2. The topological polar surface area (TPSA) is 66.9 Å². The Morgan fingerprint density at radius 2 is 1.62 bits per heavy atom. The minimum Gasteiger partial charge on any atom is -0.338 e. The molecule has 4 rings (SSSR count).